The molecule has 1 aromatic carbocycles. The van der Waals surface area contributed by atoms with E-state index < -0.39 is 0 Å². The van der Waals surface area contributed by atoms with Gasteiger partial charge >= 0.3 is 0 Å². The van der Waals surface area contributed by atoms with Gasteiger partial charge in [-0.3, -0.25) is 4.79 Å². The number of para-hydroxylation sites is 1. The Morgan fingerprint density at radius 2 is 2.04 bits per heavy atom. The first-order chi connectivity index (χ1) is 12.7. The van der Waals surface area contributed by atoms with Crippen LogP contribution in [0.3, 0.4) is 0 Å². The van der Waals surface area contributed by atoms with Gasteiger partial charge in [0, 0.05) is 39.1 Å². The summed E-state index contributed by atoms with van der Waals surface area (Å²) in [6.07, 6.45) is 5.35. The first-order valence-corrected chi connectivity index (χ1v) is 8.76. The summed E-state index contributed by atoms with van der Waals surface area (Å²) in [6.45, 7) is 4.05. The van der Waals surface area contributed by atoms with Crippen LogP contribution in [0.25, 0.3) is 5.69 Å². The zero-order valence-corrected chi connectivity index (χ0v) is 16.2. The van der Waals surface area contributed by atoms with Crippen LogP contribution in [0, 0.1) is 6.92 Å². The van der Waals surface area contributed by atoms with E-state index in [4.69, 9.17) is 0 Å². The molecule has 27 heavy (non-hydrogen) atoms. The maximum Gasteiger partial charge on any atom is 0.258 e. The quantitative estimate of drug-likeness (QED) is 0.748. The third-order valence-corrected chi connectivity index (χ3v) is 4.90. The lowest BCUT2D eigenvalue weighted by Crippen LogP contribution is -2.49. The fraction of sp³-hybridized carbons (Fsp3) is 0.316. The number of aryl methyl sites for hydroxylation is 1. The van der Waals surface area contributed by atoms with E-state index in [1.54, 1.807) is 12.4 Å². The van der Waals surface area contributed by atoms with Crippen molar-refractivity contribution in [3.05, 3.63) is 66.0 Å². The molecule has 7 nitrogen and oxygen atoms in total. The van der Waals surface area contributed by atoms with Gasteiger partial charge < -0.3 is 14.8 Å². The Hall–Kier alpha value is -2.64. The molecule has 1 saturated heterocycles. The highest BCUT2D eigenvalue weighted by Gasteiger charge is 2.32. The van der Waals surface area contributed by atoms with E-state index in [-0.39, 0.29) is 24.4 Å². The minimum absolute atomic E-state index is 0. The van der Waals surface area contributed by atoms with Gasteiger partial charge in [0.1, 0.15) is 11.9 Å². The molecule has 1 unspecified atom stereocenters. The highest BCUT2D eigenvalue weighted by molar-refractivity contribution is 5.95. The fourth-order valence-corrected chi connectivity index (χ4v) is 3.48. The SMILES string of the molecule is Cc1c(C(=O)N2CCNCC2c2nccn2C)cnn1-c1ccccc1.Cl. The number of rotatable bonds is 3. The summed E-state index contributed by atoms with van der Waals surface area (Å²) in [5.41, 5.74) is 2.43. The first-order valence-electron chi connectivity index (χ1n) is 8.76. The molecule has 0 spiro atoms. The van der Waals surface area contributed by atoms with E-state index in [9.17, 15) is 4.79 Å². The Morgan fingerprint density at radius 3 is 2.74 bits per heavy atom. The second kappa shape index (κ2) is 7.94. The van der Waals surface area contributed by atoms with Crippen LogP contribution in [0.4, 0.5) is 0 Å². The van der Waals surface area contributed by atoms with Crippen LogP contribution in [-0.4, -0.2) is 49.8 Å². The number of aromatic nitrogens is 4. The molecule has 4 rings (SSSR count). The standard InChI is InChI=1S/C19H22N6O.ClH/c1-14-16(12-22-25(14)15-6-4-3-5-7-15)19(26)24-11-8-20-13-17(24)18-21-9-10-23(18)2;/h3-7,9-10,12,17,20H,8,11,13H2,1-2H3;1H. The smallest absolute Gasteiger partial charge is 0.258 e. The van der Waals surface area contributed by atoms with E-state index in [1.807, 2.05) is 64.6 Å². The number of imidazole rings is 1. The van der Waals surface area contributed by atoms with Crippen molar-refractivity contribution in [1.82, 2.24) is 29.5 Å². The maximum absolute atomic E-state index is 13.3. The molecule has 0 saturated carbocycles. The summed E-state index contributed by atoms with van der Waals surface area (Å²) in [5.74, 6) is 0.887. The van der Waals surface area contributed by atoms with Crippen molar-refractivity contribution in [3.8, 4) is 5.69 Å². The molecule has 3 heterocycles. The van der Waals surface area contributed by atoms with Gasteiger partial charge in [0.15, 0.2) is 0 Å². The number of hydrogen-bond donors (Lipinski definition) is 1. The summed E-state index contributed by atoms with van der Waals surface area (Å²) in [4.78, 5) is 19.6. The lowest BCUT2D eigenvalue weighted by Gasteiger charge is -2.35. The third kappa shape index (κ3) is 3.48. The van der Waals surface area contributed by atoms with Gasteiger partial charge in [-0.25, -0.2) is 9.67 Å². The molecule has 8 heteroatoms. The second-order valence-electron chi connectivity index (χ2n) is 6.51. The summed E-state index contributed by atoms with van der Waals surface area (Å²) < 4.78 is 3.78. The minimum atomic E-state index is -0.0873. The predicted octanol–water partition coefficient (Wildman–Crippen LogP) is 2.12. The fourth-order valence-electron chi connectivity index (χ4n) is 3.48. The van der Waals surface area contributed by atoms with Gasteiger partial charge in [0.2, 0.25) is 0 Å². The van der Waals surface area contributed by atoms with E-state index in [2.05, 4.69) is 15.4 Å². The summed E-state index contributed by atoms with van der Waals surface area (Å²) in [7, 11) is 1.96. The maximum atomic E-state index is 13.3. The number of halogens is 1. The molecule has 1 aliphatic rings. The monoisotopic (exact) mass is 386 g/mol. The topological polar surface area (TPSA) is 68.0 Å². The second-order valence-corrected chi connectivity index (χ2v) is 6.51. The molecule has 1 fully saturated rings. The summed E-state index contributed by atoms with van der Waals surface area (Å²) >= 11 is 0. The number of hydrogen-bond acceptors (Lipinski definition) is 4. The Labute approximate surface area is 164 Å². The highest BCUT2D eigenvalue weighted by atomic mass is 35.5. The molecule has 1 amide bonds. The molecule has 142 valence electrons. The Morgan fingerprint density at radius 1 is 1.26 bits per heavy atom. The van der Waals surface area contributed by atoms with E-state index in [0.29, 0.717) is 18.7 Å². The van der Waals surface area contributed by atoms with Crippen LogP contribution >= 0.6 is 12.4 Å². The Balaban J connectivity index is 0.00000210. The minimum Gasteiger partial charge on any atom is -0.336 e. The van der Waals surface area contributed by atoms with Crippen LogP contribution in [0.1, 0.15) is 27.9 Å². The molecule has 1 aliphatic heterocycles. The van der Waals surface area contributed by atoms with E-state index in [0.717, 1.165) is 23.8 Å². The third-order valence-electron chi connectivity index (χ3n) is 4.90. The van der Waals surface area contributed by atoms with Crippen molar-refractivity contribution >= 4 is 18.3 Å². The number of benzene rings is 1. The van der Waals surface area contributed by atoms with Gasteiger partial charge in [-0.05, 0) is 19.1 Å². The molecule has 3 aromatic rings. The average molecular weight is 387 g/mol. The Kier molecular flexibility index (Phi) is 5.62. The van der Waals surface area contributed by atoms with Gasteiger partial charge in [-0.15, -0.1) is 12.4 Å². The van der Waals surface area contributed by atoms with Crippen molar-refractivity contribution in [3.63, 3.8) is 0 Å². The number of carbonyl (C=O) groups excluding carboxylic acids is 1. The van der Waals surface area contributed by atoms with E-state index in [1.165, 1.54) is 0 Å². The number of nitrogens with zero attached hydrogens (tertiary/aromatic N) is 5. The van der Waals surface area contributed by atoms with Gasteiger partial charge in [0.25, 0.3) is 5.91 Å². The lowest BCUT2D eigenvalue weighted by atomic mass is 10.1. The molecule has 0 radical (unpaired) electrons. The molecule has 2 aromatic heterocycles. The molecule has 1 atom stereocenters. The number of amides is 1. The average Bonchev–Trinajstić information content (AvgIpc) is 3.27. The zero-order valence-electron chi connectivity index (χ0n) is 15.4. The number of piperazine rings is 1. The van der Waals surface area contributed by atoms with Gasteiger partial charge in [-0.1, -0.05) is 18.2 Å². The van der Waals surface area contributed by atoms with Crippen LogP contribution < -0.4 is 5.32 Å². The molecule has 0 aliphatic carbocycles. The van der Waals surface area contributed by atoms with Gasteiger partial charge in [0.05, 0.1) is 23.1 Å². The molecular weight excluding hydrogens is 364 g/mol. The van der Waals surface area contributed by atoms with Crippen LogP contribution in [0.2, 0.25) is 0 Å². The predicted molar refractivity (Wildman–Crippen MR) is 105 cm³/mol. The molecule has 0 bridgehead atoms. The van der Waals surface area contributed by atoms with Crippen molar-refractivity contribution in [2.24, 2.45) is 7.05 Å². The molecule has 1 N–H and O–H groups in total. The lowest BCUT2D eigenvalue weighted by molar-refractivity contribution is 0.0620. The van der Waals surface area contributed by atoms with Gasteiger partial charge in [-0.2, -0.15) is 5.10 Å². The summed E-state index contributed by atoms with van der Waals surface area (Å²) in [6, 6.07) is 9.77. The highest BCUT2D eigenvalue weighted by Crippen LogP contribution is 2.24. The van der Waals surface area contributed by atoms with E-state index >= 15 is 0 Å². The largest absolute Gasteiger partial charge is 0.336 e. The van der Waals surface area contributed by atoms with Crippen LogP contribution in [-0.2, 0) is 7.05 Å². The summed E-state index contributed by atoms with van der Waals surface area (Å²) in [5, 5.41) is 7.80. The normalized spacial score (nSPS) is 16.8. The van der Waals surface area contributed by atoms with Crippen molar-refractivity contribution in [2.75, 3.05) is 19.6 Å². The Bertz CT molecular complexity index is 919. The van der Waals surface area contributed by atoms with Crippen LogP contribution in [0.15, 0.2) is 48.9 Å². The number of nitrogens with one attached hydrogen (secondary N) is 1. The van der Waals surface area contributed by atoms with Crippen LogP contribution in [0.5, 0.6) is 0 Å². The first kappa shape index (κ1) is 19.1. The molecular formula is C19H23ClN6O. The van der Waals surface area contributed by atoms with Crippen molar-refractivity contribution in [1.29, 1.82) is 0 Å². The van der Waals surface area contributed by atoms with Crippen molar-refractivity contribution in [2.45, 2.75) is 13.0 Å². The zero-order chi connectivity index (χ0) is 18.1. The van der Waals surface area contributed by atoms with Crippen molar-refractivity contribution < 1.29 is 4.79 Å². The number of carbonyl (C=O) groups is 1.